The third-order valence-electron chi connectivity index (χ3n) is 4.82. The lowest BCUT2D eigenvalue weighted by molar-refractivity contribution is 0.0694. The van der Waals surface area contributed by atoms with Crippen molar-refractivity contribution < 1.29 is 9.90 Å². The van der Waals surface area contributed by atoms with Crippen LogP contribution >= 0.6 is 0 Å². The van der Waals surface area contributed by atoms with Crippen molar-refractivity contribution in [3.8, 4) is 0 Å². The first-order valence-electron chi connectivity index (χ1n) is 7.85. The number of aromatic carboxylic acids is 1. The topological polar surface area (TPSA) is 61.6 Å². The van der Waals surface area contributed by atoms with Gasteiger partial charge < -0.3 is 5.11 Å². The van der Waals surface area contributed by atoms with Gasteiger partial charge in [-0.25, -0.2) is 4.79 Å². The van der Waals surface area contributed by atoms with Gasteiger partial charge in [-0.15, -0.1) is 0 Å². The Kier molecular flexibility index (Phi) is 4.26. The summed E-state index contributed by atoms with van der Waals surface area (Å²) >= 11 is 0. The van der Waals surface area contributed by atoms with E-state index in [2.05, 4.69) is 14.9 Å². The first-order chi connectivity index (χ1) is 10.1. The van der Waals surface area contributed by atoms with Gasteiger partial charge in [0.1, 0.15) is 5.56 Å². The number of rotatable bonds is 4. The van der Waals surface area contributed by atoms with Crippen LogP contribution in [0.15, 0.2) is 6.20 Å². The molecule has 21 heavy (non-hydrogen) atoms. The number of hydrogen-bond donors (Lipinski definition) is 1. The number of hydrogen-bond acceptors (Lipinski definition) is 4. The van der Waals surface area contributed by atoms with Gasteiger partial charge in [-0.05, 0) is 32.4 Å². The number of carboxylic acids is 1. The smallest absolute Gasteiger partial charge is 0.339 e. The minimum atomic E-state index is -0.884. The van der Waals surface area contributed by atoms with Crippen LogP contribution in [0, 0.1) is 0 Å². The Labute approximate surface area is 125 Å². The summed E-state index contributed by atoms with van der Waals surface area (Å²) in [7, 11) is 1.82. The third-order valence-corrected chi connectivity index (χ3v) is 4.82. The summed E-state index contributed by atoms with van der Waals surface area (Å²) in [6, 6.07) is 0.645. The standard InChI is InChI=1S/C15H24N4O2/c1-17-14(13(9-16-17)15(20)21)11-18-8-5-12(10-18)19-6-3-2-4-7-19/h9,12H,2-8,10-11H2,1H3,(H,20,21). The van der Waals surface area contributed by atoms with Crippen LogP contribution in [-0.2, 0) is 13.6 Å². The van der Waals surface area contributed by atoms with Crippen LogP contribution in [0.3, 0.4) is 0 Å². The number of aryl methyl sites for hydroxylation is 1. The predicted octanol–water partition coefficient (Wildman–Crippen LogP) is 1.18. The summed E-state index contributed by atoms with van der Waals surface area (Å²) in [5.74, 6) is -0.884. The molecule has 1 aromatic rings. The molecule has 1 aromatic heterocycles. The van der Waals surface area contributed by atoms with Crippen molar-refractivity contribution in [2.24, 2.45) is 7.05 Å². The lowest BCUT2D eigenvalue weighted by atomic mass is 10.1. The molecular weight excluding hydrogens is 268 g/mol. The van der Waals surface area contributed by atoms with Crippen LogP contribution in [0.2, 0.25) is 0 Å². The van der Waals surface area contributed by atoms with Gasteiger partial charge in [0.25, 0.3) is 0 Å². The van der Waals surface area contributed by atoms with Gasteiger partial charge in [0.05, 0.1) is 11.9 Å². The molecule has 2 aliphatic rings. The molecule has 0 saturated carbocycles. The molecule has 0 radical (unpaired) electrons. The summed E-state index contributed by atoms with van der Waals surface area (Å²) in [6.07, 6.45) is 6.66. The maximum absolute atomic E-state index is 11.2. The van der Waals surface area contributed by atoms with E-state index < -0.39 is 5.97 Å². The predicted molar refractivity (Wildman–Crippen MR) is 79.3 cm³/mol. The first-order valence-corrected chi connectivity index (χ1v) is 7.85. The second-order valence-corrected chi connectivity index (χ2v) is 6.21. The van der Waals surface area contributed by atoms with E-state index in [-0.39, 0.29) is 0 Å². The normalized spacial score (nSPS) is 24.5. The van der Waals surface area contributed by atoms with Gasteiger partial charge in [-0.3, -0.25) is 14.5 Å². The van der Waals surface area contributed by atoms with Crippen LogP contribution in [0.25, 0.3) is 0 Å². The van der Waals surface area contributed by atoms with Gasteiger partial charge in [0.2, 0.25) is 0 Å². The van der Waals surface area contributed by atoms with E-state index in [9.17, 15) is 9.90 Å². The van der Waals surface area contributed by atoms with E-state index in [0.717, 1.165) is 18.8 Å². The maximum Gasteiger partial charge on any atom is 0.339 e. The van der Waals surface area contributed by atoms with Crippen molar-refractivity contribution in [3.63, 3.8) is 0 Å². The Morgan fingerprint density at radius 3 is 2.81 bits per heavy atom. The van der Waals surface area contributed by atoms with E-state index in [0.29, 0.717) is 18.2 Å². The first kappa shape index (κ1) is 14.5. The van der Waals surface area contributed by atoms with Crippen molar-refractivity contribution in [2.45, 2.75) is 38.3 Å². The molecule has 0 amide bonds. The summed E-state index contributed by atoms with van der Waals surface area (Å²) in [6.45, 7) is 5.23. The Bertz CT molecular complexity index is 508. The average Bonchev–Trinajstić information content (AvgIpc) is 3.08. The molecule has 1 unspecified atom stereocenters. The van der Waals surface area contributed by atoms with Crippen LogP contribution in [0.4, 0.5) is 0 Å². The van der Waals surface area contributed by atoms with Crippen molar-refractivity contribution in [1.29, 1.82) is 0 Å². The number of carboxylic acid groups (broad SMARTS) is 1. The number of piperidine rings is 1. The number of carbonyl (C=O) groups is 1. The second-order valence-electron chi connectivity index (χ2n) is 6.21. The molecule has 0 spiro atoms. The fourth-order valence-electron chi connectivity index (χ4n) is 3.58. The molecule has 1 atom stereocenters. The van der Waals surface area contributed by atoms with E-state index >= 15 is 0 Å². The number of aromatic nitrogens is 2. The Morgan fingerprint density at radius 1 is 1.33 bits per heavy atom. The fourth-order valence-corrected chi connectivity index (χ4v) is 3.58. The molecule has 3 rings (SSSR count). The second kappa shape index (κ2) is 6.15. The zero-order valence-corrected chi connectivity index (χ0v) is 12.7. The largest absolute Gasteiger partial charge is 0.478 e. The van der Waals surface area contributed by atoms with Crippen LogP contribution in [0.5, 0.6) is 0 Å². The van der Waals surface area contributed by atoms with E-state index in [1.807, 2.05) is 7.05 Å². The molecule has 2 fully saturated rings. The third kappa shape index (κ3) is 3.11. The highest BCUT2D eigenvalue weighted by Gasteiger charge is 2.29. The van der Waals surface area contributed by atoms with Crippen molar-refractivity contribution in [3.05, 3.63) is 17.5 Å². The number of nitrogens with zero attached hydrogens (tertiary/aromatic N) is 4. The highest BCUT2D eigenvalue weighted by atomic mass is 16.4. The van der Waals surface area contributed by atoms with E-state index in [1.54, 1.807) is 4.68 Å². The van der Waals surface area contributed by atoms with E-state index in [4.69, 9.17) is 0 Å². The molecular formula is C15H24N4O2. The van der Waals surface area contributed by atoms with Gasteiger partial charge in [0, 0.05) is 32.7 Å². The Hall–Kier alpha value is -1.40. The summed E-state index contributed by atoms with van der Waals surface area (Å²) in [4.78, 5) is 16.2. The lowest BCUT2D eigenvalue weighted by Gasteiger charge is -2.32. The van der Waals surface area contributed by atoms with Crippen LogP contribution in [0.1, 0.15) is 41.7 Å². The van der Waals surface area contributed by atoms with E-state index in [1.165, 1.54) is 45.0 Å². The lowest BCUT2D eigenvalue weighted by Crippen LogP contribution is -2.40. The van der Waals surface area contributed by atoms with Gasteiger partial charge in [-0.1, -0.05) is 6.42 Å². The summed E-state index contributed by atoms with van der Waals surface area (Å²) < 4.78 is 1.69. The van der Waals surface area contributed by atoms with Gasteiger partial charge in [-0.2, -0.15) is 5.10 Å². The average molecular weight is 292 g/mol. The maximum atomic E-state index is 11.2. The van der Waals surface area contributed by atoms with Crippen molar-refractivity contribution >= 4 is 5.97 Å². The molecule has 6 nitrogen and oxygen atoms in total. The zero-order chi connectivity index (χ0) is 14.8. The molecule has 3 heterocycles. The van der Waals surface area contributed by atoms with Gasteiger partial charge in [0.15, 0.2) is 0 Å². The molecule has 116 valence electrons. The molecule has 0 aliphatic carbocycles. The minimum Gasteiger partial charge on any atom is -0.478 e. The molecule has 0 aromatic carbocycles. The minimum absolute atomic E-state index is 0.332. The monoisotopic (exact) mass is 292 g/mol. The van der Waals surface area contributed by atoms with Crippen LogP contribution < -0.4 is 0 Å². The number of likely N-dealkylation sites (tertiary alicyclic amines) is 2. The summed E-state index contributed by atoms with van der Waals surface area (Å²) in [5, 5.41) is 13.3. The molecule has 0 bridgehead atoms. The molecule has 6 heteroatoms. The quantitative estimate of drug-likeness (QED) is 0.903. The molecule has 2 saturated heterocycles. The Balaban J connectivity index is 1.62. The Morgan fingerprint density at radius 2 is 2.10 bits per heavy atom. The molecule has 1 N–H and O–H groups in total. The highest BCUT2D eigenvalue weighted by molar-refractivity contribution is 5.88. The van der Waals surface area contributed by atoms with Gasteiger partial charge >= 0.3 is 5.97 Å². The summed E-state index contributed by atoms with van der Waals surface area (Å²) in [5.41, 5.74) is 1.14. The van der Waals surface area contributed by atoms with Crippen molar-refractivity contribution in [2.75, 3.05) is 26.2 Å². The fraction of sp³-hybridized carbons (Fsp3) is 0.733. The van der Waals surface area contributed by atoms with Crippen molar-refractivity contribution in [1.82, 2.24) is 19.6 Å². The van der Waals surface area contributed by atoms with Crippen LogP contribution in [-0.4, -0.2) is 62.9 Å². The molecule has 2 aliphatic heterocycles. The highest BCUT2D eigenvalue weighted by Crippen LogP contribution is 2.22. The zero-order valence-electron chi connectivity index (χ0n) is 12.7. The SMILES string of the molecule is Cn1ncc(C(=O)O)c1CN1CCC(N2CCCCC2)C1.